The van der Waals surface area contributed by atoms with Crippen LogP contribution in [0.5, 0.6) is 11.5 Å². The van der Waals surface area contributed by atoms with Crippen molar-refractivity contribution in [2.75, 3.05) is 23.9 Å². The summed E-state index contributed by atoms with van der Waals surface area (Å²) in [5.74, 6) is 1.83. The summed E-state index contributed by atoms with van der Waals surface area (Å²) in [6.07, 6.45) is 3.99. The fourth-order valence-electron chi connectivity index (χ4n) is 4.92. The van der Waals surface area contributed by atoms with Gasteiger partial charge in [0.2, 0.25) is 0 Å². The molecule has 2 atom stereocenters. The van der Waals surface area contributed by atoms with E-state index in [0.717, 1.165) is 96.2 Å². The van der Waals surface area contributed by atoms with Crippen LogP contribution in [0.25, 0.3) is 21.5 Å². The maximum atomic E-state index is 6.37. The summed E-state index contributed by atoms with van der Waals surface area (Å²) in [5, 5.41) is 6.19. The Kier molecular flexibility index (Phi) is 15.9. The summed E-state index contributed by atoms with van der Waals surface area (Å²) in [4.78, 5) is 0.885. The topological polar surface area (TPSA) is 18.5 Å². The van der Waals surface area contributed by atoms with Gasteiger partial charge in [0.05, 0.1) is 22.2 Å². The lowest BCUT2D eigenvalue weighted by Gasteiger charge is -2.20. The molecule has 0 saturated carbocycles. The summed E-state index contributed by atoms with van der Waals surface area (Å²) in [5.41, 5.74) is 2.41. The smallest absolute Gasteiger partial charge is 0.143 e. The van der Waals surface area contributed by atoms with E-state index < -0.39 is 0 Å². The number of benzene rings is 4. The third-order valence-electron chi connectivity index (χ3n) is 7.27. The van der Waals surface area contributed by atoms with Crippen LogP contribution in [0.1, 0.15) is 49.7 Å². The van der Waals surface area contributed by atoms with Gasteiger partial charge >= 0.3 is 0 Å². The third kappa shape index (κ3) is 9.52. The third-order valence-corrected chi connectivity index (χ3v) is 17.3. The Hall–Kier alpha value is 1.80. The number of hydrogen-bond donors (Lipinski definition) is 0. The molecular formula is C32H28Br10O2. The molecule has 4 rings (SSSR count). The first-order valence-corrected chi connectivity index (χ1v) is 22.7. The fraction of sp³-hybridized carbons (Fsp3) is 0.375. The zero-order valence-corrected chi connectivity index (χ0v) is 39.3. The van der Waals surface area contributed by atoms with E-state index in [-0.39, 0.29) is 5.92 Å². The van der Waals surface area contributed by atoms with Crippen LogP contribution in [0.15, 0.2) is 63.2 Å². The SMILES string of the molecule is CC(c1cc(Br)c2c(OCCCC(Br)CBr)c(Br)c(Br)cc2c1)c1cc(Br)c2c(OCCCC(Br)CBr)c(Br)c(Br)cc2c1. The summed E-state index contributed by atoms with van der Waals surface area (Å²) < 4.78 is 18.5. The van der Waals surface area contributed by atoms with Crippen LogP contribution in [0.2, 0.25) is 0 Å². The maximum absolute atomic E-state index is 6.37. The fourth-order valence-corrected chi connectivity index (χ4v) is 9.27. The van der Waals surface area contributed by atoms with Crippen LogP contribution in [0.3, 0.4) is 0 Å². The normalized spacial score (nSPS) is 13.8. The summed E-state index contributed by atoms with van der Waals surface area (Å²) >= 11 is 37.2. The van der Waals surface area contributed by atoms with Gasteiger partial charge in [-0.2, -0.15) is 0 Å². The Bertz CT molecular complexity index is 1510. The lowest BCUT2D eigenvalue weighted by Crippen LogP contribution is -2.05. The second-order valence-electron chi connectivity index (χ2n) is 10.4. The van der Waals surface area contributed by atoms with Crippen LogP contribution >= 0.6 is 159 Å². The minimum Gasteiger partial charge on any atom is -0.492 e. The Morgan fingerprint density at radius 1 is 0.568 bits per heavy atom. The quantitative estimate of drug-likeness (QED) is 0.0925. The predicted octanol–water partition coefficient (Wildman–Crippen LogP) is 15.4. The van der Waals surface area contributed by atoms with Gasteiger partial charge in [0, 0.05) is 54.9 Å². The number of fused-ring (bicyclic) bond motifs is 2. The Labute approximate surface area is 343 Å². The molecule has 0 fully saturated rings. The van der Waals surface area contributed by atoms with E-state index in [1.165, 1.54) is 11.1 Å². The molecule has 0 radical (unpaired) electrons. The van der Waals surface area contributed by atoms with Crippen LogP contribution in [0.4, 0.5) is 0 Å². The molecule has 238 valence electrons. The second-order valence-corrected chi connectivity index (χ2v) is 19.3. The summed E-state index contributed by atoms with van der Waals surface area (Å²) in [6.45, 7) is 3.53. The van der Waals surface area contributed by atoms with Crippen molar-refractivity contribution in [1.82, 2.24) is 0 Å². The van der Waals surface area contributed by atoms with E-state index in [4.69, 9.17) is 9.47 Å². The monoisotopic (exact) mass is 1230 g/mol. The largest absolute Gasteiger partial charge is 0.492 e. The van der Waals surface area contributed by atoms with E-state index in [9.17, 15) is 0 Å². The molecule has 0 saturated heterocycles. The first-order valence-electron chi connectivity index (χ1n) is 13.8. The molecule has 0 heterocycles. The average molecular weight is 1240 g/mol. The van der Waals surface area contributed by atoms with Crippen molar-refractivity contribution in [1.29, 1.82) is 0 Å². The van der Waals surface area contributed by atoms with E-state index >= 15 is 0 Å². The van der Waals surface area contributed by atoms with Gasteiger partial charge in [-0.1, -0.05) is 115 Å². The lowest BCUT2D eigenvalue weighted by molar-refractivity contribution is 0.309. The second kappa shape index (κ2) is 18.2. The lowest BCUT2D eigenvalue weighted by atomic mass is 9.90. The molecule has 0 aliphatic rings. The van der Waals surface area contributed by atoms with Gasteiger partial charge in [-0.05, 0) is 136 Å². The van der Waals surface area contributed by atoms with Crippen LogP contribution in [-0.2, 0) is 0 Å². The van der Waals surface area contributed by atoms with Gasteiger partial charge in [-0.25, -0.2) is 0 Å². The van der Waals surface area contributed by atoms with Crippen molar-refractivity contribution in [3.8, 4) is 11.5 Å². The van der Waals surface area contributed by atoms with Crippen molar-refractivity contribution in [3.63, 3.8) is 0 Å². The van der Waals surface area contributed by atoms with Crippen LogP contribution in [-0.4, -0.2) is 33.5 Å². The minimum absolute atomic E-state index is 0.134. The molecular weight excluding hydrogens is 1220 g/mol. The van der Waals surface area contributed by atoms with Crippen LogP contribution < -0.4 is 9.47 Å². The first-order chi connectivity index (χ1) is 21.0. The molecule has 0 aliphatic heterocycles. The van der Waals surface area contributed by atoms with Crippen molar-refractivity contribution in [2.24, 2.45) is 0 Å². The number of alkyl halides is 4. The number of hydrogen-bond acceptors (Lipinski definition) is 2. The number of halogens is 10. The standard InChI is InChI=1S/C32H28Br10O2/c1-16(17-8-19-12-25(39)29(41)31(27(19)23(37)10-17)43-6-2-4-21(35)14-33)18-9-20-13-26(40)30(42)32(28(20)24(38)11-18)44-7-3-5-22(36)15-34/h8-13,16,21-22H,2-7,14-15H2,1H3. The first kappa shape index (κ1) is 38.6. The number of rotatable bonds is 14. The maximum Gasteiger partial charge on any atom is 0.143 e. The van der Waals surface area contributed by atoms with E-state index in [1.54, 1.807) is 0 Å². The Morgan fingerprint density at radius 2 is 0.955 bits per heavy atom. The van der Waals surface area contributed by atoms with Gasteiger partial charge in [0.15, 0.2) is 0 Å². The summed E-state index contributed by atoms with van der Waals surface area (Å²) in [7, 11) is 0. The molecule has 0 bridgehead atoms. The predicted molar refractivity (Wildman–Crippen MR) is 224 cm³/mol. The molecule has 0 aliphatic carbocycles. The highest BCUT2D eigenvalue weighted by molar-refractivity contribution is 9.14. The molecule has 2 nitrogen and oxygen atoms in total. The zero-order valence-electron chi connectivity index (χ0n) is 23.4. The van der Waals surface area contributed by atoms with E-state index in [2.05, 4.69) is 203 Å². The van der Waals surface area contributed by atoms with Gasteiger partial charge in [0.1, 0.15) is 11.5 Å². The molecule has 2 unspecified atom stereocenters. The van der Waals surface area contributed by atoms with Crippen molar-refractivity contribution in [3.05, 3.63) is 74.4 Å². The Morgan fingerprint density at radius 3 is 1.32 bits per heavy atom. The van der Waals surface area contributed by atoms with Crippen molar-refractivity contribution >= 4 is 181 Å². The minimum atomic E-state index is 0.134. The highest BCUT2D eigenvalue weighted by Gasteiger charge is 2.21. The highest BCUT2D eigenvalue weighted by Crippen LogP contribution is 2.47. The van der Waals surface area contributed by atoms with Crippen molar-refractivity contribution in [2.45, 2.75) is 48.2 Å². The van der Waals surface area contributed by atoms with Crippen molar-refractivity contribution < 1.29 is 9.47 Å². The molecule has 0 spiro atoms. The average Bonchev–Trinajstić information content (AvgIpc) is 2.99. The van der Waals surface area contributed by atoms with Gasteiger partial charge in [-0.15, -0.1) is 0 Å². The van der Waals surface area contributed by atoms with Gasteiger partial charge in [0.25, 0.3) is 0 Å². The molecule has 44 heavy (non-hydrogen) atoms. The summed E-state index contributed by atoms with van der Waals surface area (Å²) in [6, 6.07) is 13.3. The number of ether oxygens (including phenoxy) is 2. The molecule has 0 aromatic heterocycles. The Balaban J connectivity index is 1.67. The molecule has 12 heteroatoms. The molecule has 4 aromatic carbocycles. The van der Waals surface area contributed by atoms with Crippen LogP contribution in [0, 0.1) is 0 Å². The van der Waals surface area contributed by atoms with Gasteiger partial charge < -0.3 is 9.47 Å². The van der Waals surface area contributed by atoms with Gasteiger partial charge in [-0.3, -0.25) is 0 Å². The van der Waals surface area contributed by atoms with E-state index in [1.807, 2.05) is 0 Å². The molecule has 4 aromatic rings. The molecule has 0 amide bonds. The van der Waals surface area contributed by atoms with E-state index in [0.29, 0.717) is 22.9 Å². The zero-order chi connectivity index (χ0) is 32.1. The highest BCUT2D eigenvalue weighted by atomic mass is 79.9. The molecule has 0 N–H and O–H groups in total.